The molecule has 1 amide bonds. The number of nitrogens with zero attached hydrogens (tertiary/aromatic N) is 2. The highest BCUT2D eigenvalue weighted by atomic mass is 35.5. The molecule has 0 radical (unpaired) electrons. The summed E-state index contributed by atoms with van der Waals surface area (Å²) < 4.78 is 0. The van der Waals surface area contributed by atoms with E-state index in [-0.39, 0.29) is 18.2 Å². The summed E-state index contributed by atoms with van der Waals surface area (Å²) in [6.07, 6.45) is 3.31. The zero-order chi connectivity index (χ0) is 21.6. The van der Waals surface area contributed by atoms with E-state index >= 15 is 0 Å². The van der Waals surface area contributed by atoms with Crippen LogP contribution in [-0.4, -0.2) is 27.5 Å². The first-order chi connectivity index (χ1) is 15.1. The fourth-order valence-electron chi connectivity index (χ4n) is 3.43. The van der Waals surface area contributed by atoms with Gasteiger partial charge in [0.1, 0.15) is 11.3 Å². The van der Waals surface area contributed by atoms with Crippen molar-refractivity contribution in [3.63, 3.8) is 0 Å². The number of carbonyl (C=O) groups is 1. The maximum Gasteiger partial charge on any atom is 0.234 e. The molecule has 4 rings (SSSR count). The Labute approximate surface area is 184 Å². The summed E-state index contributed by atoms with van der Waals surface area (Å²) in [6, 6.07) is 19.7. The Morgan fingerprint density at radius 1 is 1.00 bits per heavy atom. The molecule has 156 valence electrons. The summed E-state index contributed by atoms with van der Waals surface area (Å²) in [7, 11) is 0. The number of nitrogens with one attached hydrogen (secondary N) is 2. The summed E-state index contributed by atoms with van der Waals surface area (Å²) >= 11 is 6.47. The number of benzene rings is 2. The van der Waals surface area contributed by atoms with Gasteiger partial charge in [0.15, 0.2) is 0 Å². The molecule has 0 aliphatic rings. The first-order valence-corrected chi connectivity index (χ1v) is 10.2. The number of aromatic hydroxyl groups is 1. The van der Waals surface area contributed by atoms with E-state index in [0.717, 1.165) is 11.3 Å². The lowest BCUT2D eigenvalue weighted by atomic mass is 9.96. The van der Waals surface area contributed by atoms with Gasteiger partial charge in [0.2, 0.25) is 5.91 Å². The number of pyridine rings is 2. The minimum Gasteiger partial charge on any atom is -0.505 e. The fraction of sp³-hybridized carbons (Fsp3) is 0.125. The second-order valence-corrected chi connectivity index (χ2v) is 7.44. The monoisotopic (exact) mass is 432 g/mol. The van der Waals surface area contributed by atoms with E-state index in [4.69, 9.17) is 11.6 Å². The summed E-state index contributed by atoms with van der Waals surface area (Å²) in [6.45, 7) is 0.571. The van der Waals surface area contributed by atoms with Gasteiger partial charge in [-0.05, 0) is 35.9 Å². The summed E-state index contributed by atoms with van der Waals surface area (Å²) in [4.78, 5) is 21.2. The van der Waals surface area contributed by atoms with Crippen LogP contribution in [0.3, 0.4) is 0 Å². The minimum absolute atomic E-state index is 0.00408. The average molecular weight is 433 g/mol. The van der Waals surface area contributed by atoms with Crippen LogP contribution in [0.4, 0.5) is 0 Å². The first-order valence-electron chi connectivity index (χ1n) is 9.84. The predicted molar refractivity (Wildman–Crippen MR) is 121 cm³/mol. The molecule has 0 fully saturated rings. The van der Waals surface area contributed by atoms with Crippen molar-refractivity contribution in [1.29, 1.82) is 0 Å². The van der Waals surface area contributed by atoms with Crippen molar-refractivity contribution in [2.24, 2.45) is 0 Å². The molecule has 6 nitrogen and oxygen atoms in total. The number of hydrogen-bond donors (Lipinski definition) is 3. The lowest BCUT2D eigenvalue weighted by Crippen LogP contribution is -2.36. The van der Waals surface area contributed by atoms with Crippen LogP contribution in [0, 0.1) is 0 Å². The number of halogens is 1. The SMILES string of the molecule is O=C(CNCc1ccccn1)NC(c1ccccc1)c1cc(Cl)c2cccnc2c1O. The fourth-order valence-corrected chi connectivity index (χ4v) is 3.70. The van der Waals surface area contributed by atoms with Crippen LogP contribution in [0.5, 0.6) is 5.75 Å². The number of hydrogen-bond acceptors (Lipinski definition) is 5. The third-order valence-electron chi connectivity index (χ3n) is 4.91. The Balaban J connectivity index is 1.59. The van der Waals surface area contributed by atoms with Crippen LogP contribution in [-0.2, 0) is 11.3 Å². The molecule has 2 aromatic heterocycles. The molecule has 0 spiro atoms. The zero-order valence-electron chi connectivity index (χ0n) is 16.6. The van der Waals surface area contributed by atoms with Gasteiger partial charge in [0, 0.05) is 29.9 Å². The molecule has 4 aromatic rings. The molecule has 31 heavy (non-hydrogen) atoms. The van der Waals surface area contributed by atoms with E-state index in [0.29, 0.717) is 28.0 Å². The van der Waals surface area contributed by atoms with Crippen LogP contribution in [0.15, 0.2) is 79.1 Å². The summed E-state index contributed by atoms with van der Waals surface area (Å²) in [5.41, 5.74) is 2.55. The number of phenols is 1. The Bertz CT molecular complexity index is 1190. The Morgan fingerprint density at radius 2 is 1.77 bits per heavy atom. The molecule has 2 heterocycles. The highest BCUT2D eigenvalue weighted by Crippen LogP contribution is 2.38. The van der Waals surface area contributed by atoms with Gasteiger partial charge in [-0.3, -0.25) is 14.8 Å². The smallest absolute Gasteiger partial charge is 0.234 e. The van der Waals surface area contributed by atoms with Gasteiger partial charge < -0.3 is 15.7 Å². The average Bonchev–Trinajstić information content (AvgIpc) is 2.81. The number of fused-ring (bicyclic) bond motifs is 1. The van der Waals surface area contributed by atoms with Crippen LogP contribution < -0.4 is 10.6 Å². The van der Waals surface area contributed by atoms with Crippen LogP contribution in [0.1, 0.15) is 22.9 Å². The third-order valence-corrected chi connectivity index (χ3v) is 5.22. The number of amides is 1. The van der Waals surface area contributed by atoms with E-state index < -0.39 is 6.04 Å². The molecule has 0 aliphatic carbocycles. The Kier molecular flexibility index (Phi) is 6.40. The van der Waals surface area contributed by atoms with Crippen molar-refractivity contribution in [3.05, 3.63) is 101 Å². The lowest BCUT2D eigenvalue weighted by Gasteiger charge is -2.22. The van der Waals surface area contributed by atoms with Gasteiger partial charge in [-0.15, -0.1) is 0 Å². The maximum atomic E-state index is 12.7. The molecule has 7 heteroatoms. The zero-order valence-corrected chi connectivity index (χ0v) is 17.4. The molecule has 0 saturated carbocycles. The van der Waals surface area contributed by atoms with Gasteiger partial charge in [0.25, 0.3) is 0 Å². The quantitative estimate of drug-likeness (QED) is 0.411. The molecule has 0 saturated heterocycles. The molecule has 1 atom stereocenters. The summed E-state index contributed by atoms with van der Waals surface area (Å²) in [5, 5.41) is 18.1. The Hall–Kier alpha value is -3.48. The topological polar surface area (TPSA) is 87.1 Å². The van der Waals surface area contributed by atoms with Gasteiger partial charge in [-0.2, -0.15) is 0 Å². The summed E-state index contributed by atoms with van der Waals surface area (Å²) in [5.74, 6) is -0.225. The van der Waals surface area contributed by atoms with E-state index in [2.05, 4.69) is 20.6 Å². The highest BCUT2D eigenvalue weighted by Gasteiger charge is 2.23. The van der Waals surface area contributed by atoms with Gasteiger partial charge >= 0.3 is 0 Å². The highest BCUT2D eigenvalue weighted by molar-refractivity contribution is 6.35. The van der Waals surface area contributed by atoms with Crippen LogP contribution in [0.2, 0.25) is 5.02 Å². The lowest BCUT2D eigenvalue weighted by molar-refractivity contribution is -0.120. The maximum absolute atomic E-state index is 12.7. The third kappa shape index (κ3) is 4.82. The largest absolute Gasteiger partial charge is 0.505 e. The van der Waals surface area contributed by atoms with Crippen molar-refractivity contribution in [3.8, 4) is 5.75 Å². The molecule has 0 bridgehead atoms. The minimum atomic E-state index is -0.589. The molecular formula is C24H21ClN4O2. The second kappa shape index (κ2) is 9.55. The number of carbonyl (C=O) groups excluding carboxylic acids is 1. The van der Waals surface area contributed by atoms with Crippen molar-refractivity contribution in [2.45, 2.75) is 12.6 Å². The van der Waals surface area contributed by atoms with Crippen molar-refractivity contribution in [2.75, 3.05) is 6.54 Å². The van der Waals surface area contributed by atoms with E-state index in [9.17, 15) is 9.90 Å². The van der Waals surface area contributed by atoms with Gasteiger partial charge in [-0.25, -0.2) is 0 Å². The van der Waals surface area contributed by atoms with Crippen LogP contribution in [0.25, 0.3) is 10.9 Å². The van der Waals surface area contributed by atoms with Crippen molar-refractivity contribution < 1.29 is 9.90 Å². The van der Waals surface area contributed by atoms with Gasteiger partial charge in [-0.1, -0.05) is 48.0 Å². The molecule has 2 aromatic carbocycles. The normalized spacial score (nSPS) is 11.9. The van der Waals surface area contributed by atoms with Crippen molar-refractivity contribution >= 4 is 28.4 Å². The number of aromatic nitrogens is 2. The number of phenolic OH excluding ortho intramolecular Hbond substituents is 1. The number of rotatable bonds is 7. The molecule has 3 N–H and O–H groups in total. The molecular weight excluding hydrogens is 412 g/mol. The van der Waals surface area contributed by atoms with Crippen molar-refractivity contribution in [1.82, 2.24) is 20.6 Å². The molecule has 1 unspecified atom stereocenters. The Morgan fingerprint density at radius 3 is 2.55 bits per heavy atom. The standard InChI is InChI=1S/C24H21ClN4O2/c25-20-13-19(24(31)23-18(20)10-6-12-28-23)22(16-7-2-1-3-8-16)29-21(30)15-26-14-17-9-4-5-11-27-17/h1-13,22,26,31H,14-15H2,(H,29,30). The second-order valence-electron chi connectivity index (χ2n) is 7.03. The molecule has 0 aliphatic heterocycles. The van der Waals surface area contributed by atoms with E-state index in [1.54, 1.807) is 30.6 Å². The first kappa shape index (κ1) is 20.8. The van der Waals surface area contributed by atoms with E-state index in [1.807, 2.05) is 48.5 Å². The predicted octanol–water partition coefficient (Wildman–Crippen LogP) is 3.98. The van der Waals surface area contributed by atoms with Gasteiger partial charge in [0.05, 0.1) is 23.3 Å². The van der Waals surface area contributed by atoms with Crippen LogP contribution >= 0.6 is 11.6 Å². The van der Waals surface area contributed by atoms with E-state index in [1.165, 1.54) is 0 Å².